The Morgan fingerprint density at radius 1 is 1.25 bits per heavy atom. The fourth-order valence-corrected chi connectivity index (χ4v) is 0.687. The molecule has 1 aromatic carbocycles. The zero-order chi connectivity index (χ0) is 9.56. The molecule has 2 N–H and O–H groups in total. The molecule has 0 aliphatic carbocycles. The Balaban J connectivity index is 0.000000561. The van der Waals surface area contributed by atoms with E-state index in [0.717, 1.165) is 6.07 Å². The Morgan fingerprint density at radius 3 is 2.25 bits per heavy atom. The molecular weight excluding hydrogens is 160 g/mol. The summed E-state index contributed by atoms with van der Waals surface area (Å²) in [6, 6.07) is 3.35. The summed E-state index contributed by atoms with van der Waals surface area (Å²) in [6.07, 6.45) is 0. The Morgan fingerprint density at radius 2 is 1.83 bits per heavy atom. The molecule has 0 radical (unpaired) electrons. The maximum absolute atomic E-state index is 12.5. The number of benzene rings is 1. The summed E-state index contributed by atoms with van der Waals surface area (Å²) >= 11 is 0. The van der Waals surface area contributed by atoms with Gasteiger partial charge in [-0.05, 0) is 6.07 Å². The third-order valence-electron chi connectivity index (χ3n) is 1.24. The van der Waals surface area contributed by atoms with Crippen LogP contribution in [0, 0.1) is 11.6 Å². The van der Waals surface area contributed by atoms with Gasteiger partial charge in [-0.3, -0.25) is 0 Å². The van der Waals surface area contributed by atoms with Gasteiger partial charge >= 0.3 is 0 Å². The maximum atomic E-state index is 12.5. The van der Waals surface area contributed by atoms with Crippen molar-refractivity contribution in [3.8, 4) is 0 Å². The molecule has 0 saturated carbocycles. The second-order valence-corrected chi connectivity index (χ2v) is 1.94. The van der Waals surface area contributed by atoms with Gasteiger partial charge in [0, 0.05) is 18.2 Å². The molecule has 1 rings (SSSR count). The summed E-state index contributed by atoms with van der Waals surface area (Å²) in [5.74, 6) is -1.16. The molecule has 0 amide bonds. The van der Waals surface area contributed by atoms with Crippen LogP contribution >= 0.6 is 0 Å². The summed E-state index contributed by atoms with van der Waals surface area (Å²) < 4.78 is 24.7. The topological polar surface area (TPSA) is 26.0 Å². The third-order valence-corrected chi connectivity index (χ3v) is 1.24. The number of hydrogen-bond acceptors (Lipinski definition) is 1. The van der Waals surface area contributed by atoms with Crippen LogP contribution < -0.4 is 5.73 Å². The van der Waals surface area contributed by atoms with Gasteiger partial charge in [0.2, 0.25) is 0 Å². The Bertz CT molecular complexity index is 236. The van der Waals surface area contributed by atoms with Crippen molar-refractivity contribution in [1.82, 2.24) is 0 Å². The summed E-state index contributed by atoms with van der Waals surface area (Å²) in [4.78, 5) is 0. The lowest BCUT2D eigenvalue weighted by Gasteiger charge is -1.96. The van der Waals surface area contributed by atoms with E-state index >= 15 is 0 Å². The molecule has 0 aromatic heterocycles. The molecule has 1 aromatic rings. The van der Waals surface area contributed by atoms with E-state index in [9.17, 15) is 8.78 Å². The molecule has 0 atom stereocenters. The molecule has 0 heterocycles. The van der Waals surface area contributed by atoms with E-state index in [1.165, 1.54) is 12.1 Å². The van der Waals surface area contributed by atoms with Gasteiger partial charge in [0.15, 0.2) is 0 Å². The van der Waals surface area contributed by atoms with E-state index in [1.54, 1.807) is 0 Å². The molecule has 68 valence electrons. The minimum absolute atomic E-state index is 0.103. The highest BCUT2D eigenvalue weighted by Crippen LogP contribution is 2.07. The van der Waals surface area contributed by atoms with E-state index in [2.05, 4.69) is 0 Å². The Hall–Kier alpha value is -0.960. The maximum Gasteiger partial charge on any atom is 0.130 e. The van der Waals surface area contributed by atoms with Gasteiger partial charge in [-0.2, -0.15) is 0 Å². The van der Waals surface area contributed by atoms with Crippen LogP contribution in [-0.2, 0) is 6.54 Å². The second-order valence-electron chi connectivity index (χ2n) is 1.94. The van der Waals surface area contributed by atoms with Crippen molar-refractivity contribution in [2.75, 3.05) is 0 Å². The van der Waals surface area contributed by atoms with E-state index < -0.39 is 11.6 Å². The van der Waals surface area contributed by atoms with Crippen LogP contribution in [0.15, 0.2) is 18.2 Å². The van der Waals surface area contributed by atoms with Crippen LogP contribution in [0.4, 0.5) is 8.78 Å². The predicted molar refractivity (Wildman–Crippen MR) is 45.6 cm³/mol. The third kappa shape index (κ3) is 2.96. The smallest absolute Gasteiger partial charge is 0.130 e. The van der Waals surface area contributed by atoms with Gasteiger partial charge in [0.1, 0.15) is 11.6 Å². The molecule has 3 heteroatoms. The summed E-state index contributed by atoms with van der Waals surface area (Å²) in [5.41, 5.74) is 5.47. The Kier molecular flexibility index (Phi) is 5.21. The minimum atomic E-state index is -0.581. The summed E-state index contributed by atoms with van der Waals surface area (Å²) in [6.45, 7) is 4.10. The molecule has 1 nitrogen and oxygen atoms in total. The van der Waals surface area contributed by atoms with E-state index in [0.29, 0.717) is 5.56 Å². The summed E-state index contributed by atoms with van der Waals surface area (Å²) in [5, 5.41) is 0. The SMILES string of the molecule is CC.NCc1ccc(F)cc1F. The number of halogens is 2. The van der Waals surface area contributed by atoms with Crippen molar-refractivity contribution in [2.45, 2.75) is 20.4 Å². The molecule has 0 fully saturated rings. The van der Waals surface area contributed by atoms with Crippen LogP contribution in [-0.4, -0.2) is 0 Å². The molecule has 0 aliphatic heterocycles. The first-order valence-electron chi connectivity index (χ1n) is 3.88. The first kappa shape index (κ1) is 11.0. The zero-order valence-electron chi connectivity index (χ0n) is 7.27. The highest BCUT2D eigenvalue weighted by atomic mass is 19.1. The van der Waals surface area contributed by atoms with Gasteiger partial charge in [0.05, 0.1) is 0 Å². The second kappa shape index (κ2) is 5.66. The normalized spacial score (nSPS) is 8.75. The van der Waals surface area contributed by atoms with Crippen LogP contribution in [0.3, 0.4) is 0 Å². The molecule has 0 aliphatic rings. The molecule has 12 heavy (non-hydrogen) atoms. The molecule has 0 bridgehead atoms. The number of nitrogens with two attached hydrogens (primary N) is 1. The van der Waals surface area contributed by atoms with E-state index in [-0.39, 0.29) is 6.54 Å². The molecular formula is C9H13F2N. The van der Waals surface area contributed by atoms with Crippen molar-refractivity contribution in [2.24, 2.45) is 5.73 Å². The van der Waals surface area contributed by atoms with Crippen molar-refractivity contribution < 1.29 is 8.78 Å². The average Bonchev–Trinajstić information content (AvgIpc) is 2.08. The molecule has 0 spiro atoms. The van der Waals surface area contributed by atoms with Crippen molar-refractivity contribution >= 4 is 0 Å². The largest absolute Gasteiger partial charge is 0.326 e. The lowest BCUT2D eigenvalue weighted by atomic mass is 10.2. The fourth-order valence-electron chi connectivity index (χ4n) is 0.687. The fraction of sp³-hybridized carbons (Fsp3) is 0.333. The van der Waals surface area contributed by atoms with Crippen LogP contribution in [0.5, 0.6) is 0 Å². The van der Waals surface area contributed by atoms with E-state index in [1.807, 2.05) is 13.8 Å². The number of rotatable bonds is 1. The standard InChI is InChI=1S/C7H7F2N.C2H6/c8-6-2-1-5(4-10)7(9)3-6;1-2/h1-3H,4,10H2;1-2H3. The highest BCUT2D eigenvalue weighted by Gasteiger charge is 1.99. The average molecular weight is 173 g/mol. The van der Waals surface area contributed by atoms with Gasteiger partial charge < -0.3 is 5.73 Å². The van der Waals surface area contributed by atoms with Crippen LogP contribution in [0.25, 0.3) is 0 Å². The zero-order valence-corrected chi connectivity index (χ0v) is 7.27. The van der Waals surface area contributed by atoms with Crippen molar-refractivity contribution in [3.05, 3.63) is 35.4 Å². The van der Waals surface area contributed by atoms with Crippen LogP contribution in [0.1, 0.15) is 19.4 Å². The lowest BCUT2D eigenvalue weighted by Crippen LogP contribution is -1.99. The summed E-state index contributed by atoms with van der Waals surface area (Å²) in [7, 11) is 0. The van der Waals surface area contributed by atoms with Gasteiger partial charge in [-0.1, -0.05) is 19.9 Å². The van der Waals surface area contributed by atoms with Gasteiger partial charge in [-0.15, -0.1) is 0 Å². The monoisotopic (exact) mass is 173 g/mol. The quantitative estimate of drug-likeness (QED) is 0.693. The predicted octanol–water partition coefficient (Wildman–Crippen LogP) is 2.45. The molecule has 0 saturated heterocycles. The lowest BCUT2D eigenvalue weighted by molar-refractivity contribution is 0.572. The van der Waals surface area contributed by atoms with Crippen molar-refractivity contribution in [1.29, 1.82) is 0 Å². The first-order chi connectivity index (χ1) is 5.74. The Labute approximate surface area is 71.2 Å². The highest BCUT2D eigenvalue weighted by molar-refractivity contribution is 5.17. The van der Waals surface area contributed by atoms with E-state index in [4.69, 9.17) is 5.73 Å². The number of hydrogen-bond donors (Lipinski definition) is 1. The van der Waals surface area contributed by atoms with Crippen LogP contribution in [0.2, 0.25) is 0 Å². The van der Waals surface area contributed by atoms with Crippen molar-refractivity contribution in [3.63, 3.8) is 0 Å². The van der Waals surface area contributed by atoms with Gasteiger partial charge in [0.25, 0.3) is 0 Å². The minimum Gasteiger partial charge on any atom is -0.326 e. The molecule has 0 unspecified atom stereocenters. The van der Waals surface area contributed by atoms with Gasteiger partial charge in [-0.25, -0.2) is 8.78 Å². The first-order valence-corrected chi connectivity index (χ1v) is 3.88.